The lowest BCUT2D eigenvalue weighted by Gasteiger charge is -2.16. The molecule has 0 aromatic rings. The predicted molar refractivity (Wildman–Crippen MR) is 49.9 cm³/mol. The first-order valence-electron chi connectivity index (χ1n) is 2.97. The fourth-order valence-corrected chi connectivity index (χ4v) is 0.493. The molecule has 0 aromatic carbocycles. The largest absolute Gasteiger partial charge is 0.452 e. The van der Waals surface area contributed by atoms with E-state index in [1.54, 1.807) is 6.92 Å². The summed E-state index contributed by atoms with van der Waals surface area (Å²) in [7, 11) is 1.29. The zero-order valence-electron chi connectivity index (χ0n) is 6.42. The lowest BCUT2D eigenvalue weighted by molar-refractivity contribution is 0.166. The van der Waals surface area contributed by atoms with E-state index in [4.69, 9.17) is 0 Å². The van der Waals surface area contributed by atoms with Gasteiger partial charge in [0, 0.05) is 6.54 Å². The predicted octanol–water partition coefficient (Wildman–Crippen LogP) is 0.423. The van der Waals surface area contributed by atoms with Gasteiger partial charge in [0.2, 0.25) is 0 Å². The SMILES string of the molecule is COC(=O)NNCC(C)(S)S. The quantitative estimate of drug-likeness (QED) is 0.301. The fourth-order valence-electron chi connectivity index (χ4n) is 0.335. The molecule has 6 heteroatoms. The Morgan fingerprint density at radius 2 is 2.18 bits per heavy atom. The Hall–Kier alpha value is -0.0700. The highest BCUT2D eigenvalue weighted by Gasteiger charge is 2.11. The molecule has 0 radical (unpaired) electrons. The Kier molecular flexibility index (Phi) is 4.71. The summed E-state index contributed by atoms with van der Waals surface area (Å²) in [6.07, 6.45) is -0.532. The number of rotatable bonds is 3. The molecule has 2 N–H and O–H groups in total. The van der Waals surface area contributed by atoms with Crippen molar-refractivity contribution < 1.29 is 9.53 Å². The highest BCUT2D eigenvalue weighted by Crippen LogP contribution is 2.15. The minimum absolute atomic E-state index is 0.439. The number of ether oxygens (including phenoxy) is 1. The van der Waals surface area contributed by atoms with Crippen LogP contribution >= 0.6 is 25.3 Å². The number of hydrazine groups is 1. The van der Waals surface area contributed by atoms with E-state index in [0.29, 0.717) is 6.54 Å². The van der Waals surface area contributed by atoms with E-state index in [1.165, 1.54) is 7.11 Å². The molecule has 4 nitrogen and oxygen atoms in total. The van der Waals surface area contributed by atoms with Gasteiger partial charge in [0.25, 0.3) is 0 Å². The highest BCUT2D eigenvalue weighted by molar-refractivity contribution is 8.00. The lowest BCUT2D eigenvalue weighted by Crippen LogP contribution is -2.42. The van der Waals surface area contributed by atoms with E-state index in [-0.39, 0.29) is 0 Å². The first-order chi connectivity index (χ1) is 4.95. The Morgan fingerprint density at radius 3 is 2.55 bits per heavy atom. The number of carbonyl (C=O) groups excluding carboxylic acids is 1. The van der Waals surface area contributed by atoms with E-state index in [1.807, 2.05) is 0 Å². The summed E-state index contributed by atoms with van der Waals surface area (Å²) in [6.45, 7) is 2.24. The minimum atomic E-state index is -0.532. The molecule has 0 saturated carbocycles. The lowest BCUT2D eigenvalue weighted by atomic mass is 10.5. The molecular formula is C5H12N2O2S2. The summed E-state index contributed by atoms with van der Waals surface area (Å²) in [5.41, 5.74) is 4.88. The maximum Gasteiger partial charge on any atom is 0.421 e. The Balaban J connectivity index is 3.35. The molecule has 0 saturated heterocycles. The van der Waals surface area contributed by atoms with Crippen LogP contribution in [0.15, 0.2) is 0 Å². The zero-order valence-corrected chi connectivity index (χ0v) is 8.21. The van der Waals surface area contributed by atoms with Crippen LogP contribution in [-0.2, 0) is 4.74 Å². The molecule has 0 unspecified atom stereocenters. The van der Waals surface area contributed by atoms with Crippen LogP contribution in [0, 0.1) is 0 Å². The zero-order chi connectivity index (χ0) is 8.91. The normalized spacial score (nSPS) is 10.9. The Labute approximate surface area is 76.9 Å². The second-order valence-corrected chi connectivity index (χ2v) is 4.51. The summed E-state index contributed by atoms with van der Waals surface area (Å²) in [4.78, 5) is 10.5. The Morgan fingerprint density at radius 1 is 1.64 bits per heavy atom. The van der Waals surface area contributed by atoms with Crippen LogP contribution in [0.25, 0.3) is 0 Å². The summed E-state index contributed by atoms with van der Waals surface area (Å²) in [6, 6.07) is 0. The molecule has 0 aromatic heterocycles. The van der Waals surface area contributed by atoms with Crippen LogP contribution in [0.1, 0.15) is 6.92 Å². The summed E-state index contributed by atoms with van der Waals surface area (Å²) < 4.78 is 3.85. The Bertz CT molecular complexity index is 135. The standard InChI is InChI=1S/C5H12N2O2S2/c1-5(10,11)3-6-7-4(8)9-2/h6,10-11H,3H2,1-2H3,(H,7,8). The summed E-state index contributed by atoms with van der Waals surface area (Å²) in [5.74, 6) is 0. The van der Waals surface area contributed by atoms with Gasteiger partial charge in [-0.25, -0.2) is 10.2 Å². The molecule has 11 heavy (non-hydrogen) atoms. The van der Waals surface area contributed by atoms with E-state index in [2.05, 4.69) is 40.8 Å². The van der Waals surface area contributed by atoms with Crippen LogP contribution in [0.2, 0.25) is 0 Å². The first-order valence-corrected chi connectivity index (χ1v) is 3.87. The van der Waals surface area contributed by atoms with Crippen molar-refractivity contribution in [3.63, 3.8) is 0 Å². The third-order valence-electron chi connectivity index (χ3n) is 0.799. The molecule has 0 heterocycles. The van der Waals surface area contributed by atoms with Gasteiger partial charge < -0.3 is 4.74 Å². The molecule has 0 aliphatic heterocycles. The molecule has 66 valence electrons. The van der Waals surface area contributed by atoms with Crippen molar-refractivity contribution in [2.24, 2.45) is 0 Å². The van der Waals surface area contributed by atoms with Crippen molar-refractivity contribution in [1.29, 1.82) is 0 Å². The van der Waals surface area contributed by atoms with Crippen LogP contribution in [0.5, 0.6) is 0 Å². The topological polar surface area (TPSA) is 50.4 Å². The molecule has 0 fully saturated rings. The number of amides is 1. The highest BCUT2D eigenvalue weighted by atomic mass is 32.2. The molecule has 0 bridgehead atoms. The minimum Gasteiger partial charge on any atom is -0.452 e. The van der Waals surface area contributed by atoms with Crippen molar-refractivity contribution in [3.05, 3.63) is 0 Å². The molecule has 1 amide bonds. The average Bonchev–Trinajstić information content (AvgIpc) is 1.85. The van der Waals surface area contributed by atoms with Crippen LogP contribution in [0.4, 0.5) is 4.79 Å². The molecule has 0 atom stereocenters. The molecule has 0 spiro atoms. The van der Waals surface area contributed by atoms with Crippen LogP contribution in [-0.4, -0.2) is 23.8 Å². The van der Waals surface area contributed by atoms with E-state index < -0.39 is 10.2 Å². The van der Waals surface area contributed by atoms with Crippen molar-refractivity contribution in [1.82, 2.24) is 10.9 Å². The molecule has 0 rings (SSSR count). The molecule has 0 aliphatic rings. The number of hydrogen-bond donors (Lipinski definition) is 4. The van der Waals surface area contributed by atoms with E-state index in [0.717, 1.165) is 0 Å². The maximum atomic E-state index is 10.5. The van der Waals surface area contributed by atoms with Crippen molar-refractivity contribution in [2.45, 2.75) is 11.0 Å². The summed E-state index contributed by atoms with van der Waals surface area (Å²) >= 11 is 8.19. The second kappa shape index (κ2) is 4.74. The number of hydrogen-bond acceptors (Lipinski definition) is 5. The number of thiol groups is 2. The van der Waals surface area contributed by atoms with Gasteiger partial charge in [0.15, 0.2) is 0 Å². The van der Waals surface area contributed by atoms with Gasteiger partial charge in [-0.15, -0.1) is 0 Å². The third kappa shape index (κ3) is 7.83. The monoisotopic (exact) mass is 196 g/mol. The van der Waals surface area contributed by atoms with E-state index >= 15 is 0 Å². The van der Waals surface area contributed by atoms with Crippen LogP contribution in [0.3, 0.4) is 0 Å². The summed E-state index contributed by atoms with van der Waals surface area (Å²) in [5, 5.41) is 0. The van der Waals surface area contributed by atoms with Gasteiger partial charge >= 0.3 is 6.09 Å². The van der Waals surface area contributed by atoms with Gasteiger partial charge in [0.1, 0.15) is 0 Å². The average molecular weight is 196 g/mol. The molecule has 0 aliphatic carbocycles. The fraction of sp³-hybridized carbons (Fsp3) is 0.800. The van der Waals surface area contributed by atoms with Crippen LogP contribution < -0.4 is 10.9 Å². The third-order valence-corrected chi connectivity index (χ3v) is 1.12. The van der Waals surface area contributed by atoms with Gasteiger partial charge in [-0.2, -0.15) is 25.3 Å². The van der Waals surface area contributed by atoms with Gasteiger partial charge in [0.05, 0.1) is 11.2 Å². The van der Waals surface area contributed by atoms with Gasteiger partial charge in [-0.1, -0.05) is 0 Å². The van der Waals surface area contributed by atoms with Crippen molar-refractivity contribution in [3.8, 4) is 0 Å². The maximum absolute atomic E-state index is 10.5. The smallest absolute Gasteiger partial charge is 0.421 e. The van der Waals surface area contributed by atoms with Gasteiger partial charge in [-0.05, 0) is 6.92 Å². The first kappa shape index (κ1) is 10.9. The number of carbonyl (C=O) groups is 1. The van der Waals surface area contributed by atoms with Crippen molar-refractivity contribution >= 4 is 31.4 Å². The van der Waals surface area contributed by atoms with E-state index in [9.17, 15) is 4.79 Å². The second-order valence-electron chi connectivity index (χ2n) is 2.19. The number of nitrogens with one attached hydrogen (secondary N) is 2. The van der Waals surface area contributed by atoms with Gasteiger partial charge in [-0.3, -0.25) is 5.43 Å². The van der Waals surface area contributed by atoms with Crippen molar-refractivity contribution in [2.75, 3.05) is 13.7 Å². The number of methoxy groups -OCH3 is 1. The molecular weight excluding hydrogens is 184 g/mol.